The number of aryl methyl sites for hydroxylation is 1. The van der Waals surface area contributed by atoms with Gasteiger partial charge in [0.15, 0.2) is 0 Å². The number of allylic oxidation sites excluding steroid dienone is 2. The van der Waals surface area contributed by atoms with Crippen LogP contribution in [0.15, 0.2) is 48.5 Å². The molecule has 0 aliphatic carbocycles. The number of carbonyl (C=O) groups excluding carboxylic acids is 1. The van der Waals surface area contributed by atoms with Crippen LogP contribution in [0.1, 0.15) is 28.8 Å². The van der Waals surface area contributed by atoms with E-state index in [-0.39, 0.29) is 18.4 Å². The first kappa shape index (κ1) is 26.2. The van der Waals surface area contributed by atoms with Crippen LogP contribution in [0.25, 0.3) is 6.08 Å². The fourth-order valence-electron chi connectivity index (χ4n) is 5.01. The van der Waals surface area contributed by atoms with E-state index in [4.69, 9.17) is 26.3 Å². The number of hydrogen-bond acceptors (Lipinski definition) is 7. The quantitative estimate of drug-likeness (QED) is 0.400. The van der Waals surface area contributed by atoms with E-state index in [0.717, 1.165) is 46.9 Å². The van der Waals surface area contributed by atoms with Gasteiger partial charge in [-0.15, -0.1) is 0 Å². The number of anilines is 2. The maximum atomic E-state index is 12.3. The van der Waals surface area contributed by atoms with Crippen LogP contribution in [0.2, 0.25) is 0 Å². The van der Waals surface area contributed by atoms with Gasteiger partial charge in [0.1, 0.15) is 5.82 Å². The largest absolute Gasteiger partial charge is 0.467 e. The summed E-state index contributed by atoms with van der Waals surface area (Å²) in [6.07, 6.45) is 5.87. The summed E-state index contributed by atoms with van der Waals surface area (Å²) >= 11 is 6.32. The zero-order chi connectivity index (χ0) is 26.5. The molecule has 1 amide bonds. The van der Waals surface area contributed by atoms with Crippen molar-refractivity contribution in [3.63, 3.8) is 0 Å². The molecule has 2 aliphatic heterocycles. The normalized spacial score (nSPS) is 17.6. The van der Waals surface area contributed by atoms with Crippen LogP contribution in [-0.4, -0.2) is 60.1 Å². The second kappa shape index (κ2) is 11.5. The van der Waals surface area contributed by atoms with Crippen LogP contribution >= 0.6 is 11.6 Å². The number of nitrogens with zero attached hydrogens (tertiary/aromatic N) is 6. The predicted octanol–water partition coefficient (Wildman–Crippen LogP) is 4.24. The number of fused-ring (bicyclic) bond motifs is 1. The highest BCUT2D eigenvalue weighted by Crippen LogP contribution is 2.35. The van der Waals surface area contributed by atoms with Crippen LogP contribution in [0.3, 0.4) is 0 Å². The third kappa shape index (κ3) is 5.47. The SMILES string of the molecule is C=CC(=O)N1CCN(c2nc(OC)nc3c2CCN(c2cccc(C)c2/C=C(/Cl)C=C)C3)CC1CC#N. The van der Waals surface area contributed by atoms with Gasteiger partial charge in [-0.2, -0.15) is 15.2 Å². The molecule has 4 rings (SSSR count). The first-order chi connectivity index (χ1) is 17.9. The van der Waals surface area contributed by atoms with Crippen molar-refractivity contribution in [2.24, 2.45) is 0 Å². The Morgan fingerprint density at radius 1 is 1.24 bits per heavy atom. The number of rotatable bonds is 7. The number of benzene rings is 1. The van der Waals surface area contributed by atoms with Crippen molar-refractivity contribution < 1.29 is 9.53 Å². The van der Waals surface area contributed by atoms with Gasteiger partial charge in [0, 0.05) is 48.0 Å². The Balaban J connectivity index is 1.68. The third-order valence-corrected chi connectivity index (χ3v) is 7.15. The molecule has 1 unspecified atom stereocenters. The van der Waals surface area contributed by atoms with Crippen molar-refractivity contribution in [2.75, 3.05) is 43.1 Å². The summed E-state index contributed by atoms with van der Waals surface area (Å²) in [6.45, 7) is 12.4. The molecule has 1 fully saturated rings. The number of carbonyl (C=O) groups is 1. The number of halogens is 1. The lowest BCUT2D eigenvalue weighted by Gasteiger charge is -2.42. The Morgan fingerprint density at radius 2 is 2.05 bits per heavy atom. The minimum Gasteiger partial charge on any atom is -0.467 e. The molecule has 0 saturated carbocycles. The number of piperazine rings is 1. The first-order valence-electron chi connectivity index (χ1n) is 12.2. The van der Waals surface area contributed by atoms with Gasteiger partial charge in [-0.3, -0.25) is 4.79 Å². The zero-order valence-electron chi connectivity index (χ0n) is 21.3. The van der Waals surface area contributed by atoms with Gasteiger partial charge in [-0.25, -0.2) is 0 Å². The fourth-order valence-corrected chi connectivity index (χ4v) is 5.12. The summed E-state index contributed by atoms with van der Waals surface area (Å²) in [5.41, 5.74) is 5.24. The molecular weight excluding hydrogens is 488 g/mol. The minimum absolute atomic E-state index is 0.155. The topological polar surface area (TPSA) is 85.6 Å². The number of hydrogen-bond donors (Lipinski definition) is 0. The minimum atomic E-state index is -0.239. The molecule has 8 nitrogen and oxygen atoms in total. The van der Waals surface area contributed by atoms with Crippen LogP contribution in [0.5, 0.6) is 6.01 Å². The highest BCUT2D eigenvalue weighted by molar-refractivity contribution is 6.33. The molecule has 192 valence electrons. The maximum Gasteiger partial charge on any atom is 0.318 e. The van der Waals surface area contributed by atoms with Crippen molar-refractivity contribution in [3.05, 3.63) is 70.9 Å². The third-order valence-electron chi connectivity index (χ3n) is 6.89. The second-order valence-corrected chi connectivity index (χ2v) is 9.51. The first-order valence-corrected chi connectivity index (χ1v) is 12.6. The van der Waals surface area contributed by atoms with E-state index in [1.807, 2.05) is 12.1 Å². The molecule has 0 radical (unpaired) electrons. The molecule has 1 aromatic carbocycles. The molecule has 37 heavy (non-hydrogen) atoms. The Kier molecular flexibility index (Phi) is 8.14. The van der Waals surface area contributed by atoms with Gasteiger partial charge in [0.05, 0.1) is 37.9 Å². The Labute approximate surface area is 223 Å². The van der Waals surface area contributed by atoms with Crippen molar-refractivity contribution in [3.8, 4) is 12.1 Å². The van der Waals surface area contributed by atoms with Crippen LogP contribution < -0.4 is 14.5 Å². The fraction of sp³-hybridized carbons (Fsp3) is 0.357. The van der Waals surface area contributed by atoms with Crippen LogP contribution in [-0.2, 0) is 17.8 Å². The van der Waals surface area contributed by atoms with Crippen molar-refractivity contribution >= 4 is 35.1 Å². The molecule has 3 heterocycles. The van der Waals surface area contributed by atoms with E-state index in [1.54, 1.807) is 18.1 Å². The lowest BCUT2D eigenvalue weighted by molar-refractivity contribution is -0.128. The number of methoxy groups -OCH3 is 1. The summed E-state index contributed by atoms with van der Waals surface area (Å²) in [5.74, 6) is 0.659. The Morgan fingerprint density at radius 3 is 2.76 bits per heavy atom. The summed E-state index contributed by atoms with van der Waals surface area (Å²) in [6, 6.07) is 8.49. The number of amides is 1. The predicted molar refractivity (Wildman–Crippen MR) is 147 cm³/mol. The van der Waals surface area contributed by atoms with Crippen molar-refractivity contribution in [2.45, 2.75) is 32.4 Å². The van der Waals surface area contributed by atoms with Gasteiger partial charge in [-0.05, 0) is 37.1 Å². The van der Waals surface area contributed by atoms with Gasteiger partial charge in [0.2, 0.25) is 5.91 Å². The second-order valence-electron chi connectivity index (χ2n) is 9.07. The Hall–Kier alpha value is -3.83. The highest BCUT2D eigenvalue weighted by Gasteiger charge is 2.33. The highest BCUT2D eigenvalue weighted by atomic mass is 35.5. The molecule has 0 bridgehead atoms. The average Bonchev–Trinajstić information content (AvgIpc) is 2.92. The smallest absolute Gasteiger partial charge is 0.318 e. The van der Waals surface area contributed by atoms with Crippen LogP contribution in [0.4, 0.5) is 11.5 Å². The van der Waals surface area contributed by atoms with Gasteiger partial charge in [-0.1, -0.05) is 43.0 Å². The van der Waals surface area contributed by atoms with Crippen molar-refractivity contribution in [1.82, 2.24) is 14.9 Å². The molecule has 2 aliphatic rings. The molecule has 1 aromatic heterocycles. The molecule has 0 N–H and O–H groups in total. The van der Waals surface area contributed by atoms with Crippen molar-refractivity contribution in [1.29, 1.82) is 5.26 Å². The summed E-state index contributed by atoms with van der Waals surface area (Å²) < 4.78 is 5.48. The zero-order valence-corrected chi connectivity index (χ0v) is 22.0. The summed E-state index contributed by atoms with van der Waals surface area (Å²) in [7, 11) is 1.56. The van der Waals surface area contributed by atoms with E-state index in [9.17, 15) is 10.1 Å². The van der Waals surface area contributed by atoms with E-state index in [0.29, 0.717) is 37.2 Å². The van der Waals surface area contributed by atoms with E-state index < -0.39 is 0 Å². The molecule has 1 saturated heterocycles. The van der Waals surface area contributed by atoms with Gasteiger partial charge < -0.3 is 19.4 Å². The molecule has 1 atom stereocenters. The van der Waals surface area contributed by atoms with E-state index in [2.05, 4.69) is 48.1 Å². The molecular formula is C28H31ClN6O2. The number of nitriles is 1. The number of aromatic nitrogens is 2. The standard InChI is InChI=1S/C28H31ClN6O2/c1-5-20(29)16-23-19(3)8-7-9-25(23)33-13-11-22-24(18-33)31-28(37-4)32-27(22)34-14-15-35(26(36)6-2)21(17-34)10-12-30/h5-9,16,21H,1-2,10-11,13-15,17-18H2,3-4H3/b20-16+. The number of ether oxygens (including phenoxy) is 1. The van der Waals surface area contributed by atoms with Gasteiger partial charge in [0.25, 0.3) is 0 Å². The van der Waals surface area contributed by atoms with E-state index in [1.165, 1.54) is 6.08 Å². The average molecular weight is 519 g/mol. The molecule has 0 spiro atoms. The summed E-state index contributed by atoms with van der Waals surface area (Å²) in [4.78, 5) is 28.0. The monoisotopic (exact) mass is 518 g/mol. The Bertz CT molecular complexity index is 1280. The van der Waals surface area contributed by atoms with Crippen LogP contribution in [0, 0.1) is 18.3 Å². The lowest BCUT2D eigenvalue weighted by Crippen LogP contribution is -2.55. The van der Waals surface area contributed by atoms with Gasteiger partial charge >= 0.3 is 6.01 Å². The van der Waals surface area contributed by atoms with E-state index >= 15 is 0 Å². The molecule has 9 heteroatoms. The maximum absolute atomic E-state index is 12.3. The molecule has 2 aromatic rings. The summed E-state index contributed by atoms with van der Waals surface area (Å²) in [5, 5.41) is 9.95. The lowest BCUT2D eigenvalue weighted by atomic mass is 10.00.